The molecule has 0 aromatic carbocycles. The van der Waals surface area contributed by atoms with Gasteiger partial charge in [0.1, 0.15) is 0 Å². The number of rotatable bonds is 4. The van der Waals surface area contributed by atoms with Gasteiger partial charge in [0.25, 0.3) is 6.54 Å². The Labute approximate surface area is 100 Å². The molecule has 0 spiro atoms. The Morgan fingerprint density at radius 1 is 1.65 bits per heavy atom. The second-order valence-electron chi connectivity index (χ2n) is 3.89. The van der Waals surface area contributed by atoms with Crippen LogP contribution in [0.3, 0.4) is 0 Å². The maximum atomic E-state index is 10.5. The van der Waals surface area contributed by atoms with Crippen LogP contribution in [0.15, 0.2) is 29.5 Å². The van der Waals surface area contributed by atoms with E-state index in [9.17, 15) is 10.1 Å². The van der Waals surface area contributed by atoms with E-state index in [0.717, 1.165) is 5.56 Å². The van der Waals surface area contributed by atoms with E-state index < -0.39 is 0 Å². The molecule has 6 heteroatoms. The minimum Gasteiger partial charge on any atom is -0.361 e. The molecule has 1 aromatic rings. The van der Waals surface area contributed by atoms with Crippen molar-refractivity contribution in [1.29, 1.82) is 0 Å². The minimum atomic E-state index is -0.380. The van der Waals surface area contributed by atoms with Gasteiger partial charge in [-0.25, -0.2) is 0 Å². The molecule has 0 saturated heterocycles. The number of hydrogen-bond acceptors (Lipinski definition) is 4. The Bertz CT molecular complexity index is 403. The fraction of sp³-hybridized carbons (Fsp3) is 0.455. The van der Waals surface area contributed by atoms with Crippen LogP contribution >= 0.6 is 0 Å². The summed E-state index contributed by atoms with van der Waals surface area (Å²) >= 11 is 0. The lowest BCUT2D eigenvalue weighted by atomic mass is 10.1. The average molecular weight is 236 g/mol. The molecule has 1 unspecified atom stereocenters. The van der Waals surface area contributed by atoms with Crippen LogP contribution in [0.1, 0.15) is 18.5 Å². The molecule has 0 aliphatic rings. The second-order valence-corrected chi connectivity index (χ2v) is 3.89. The molecule has 0 bridgehead atoms. The lowest BCUT2D eigenvalue weighted by molar-refractivity contribution is -0.464. The van der Waals surface area contributed by atoms with E-state index in [2.05, 4.69) is 9.98 Å². The number of nitrogens with zero attached hydrogens (tertiary/aromatic N) is 4. The fourth-order valence-corrected chi connectivity index (χ4v) is 1.33. The largest absolute Gasteiger partial charge is 0.361 e. The number of pyridine rings is 1. The van der Waals surface area contributed by atoms with Crippen molar-refractivity contribution >= 4 is 5.84 Å². The topological polar surface area (TPSA) is 71.6 Å². The van der Waals surface area contributed by atoms with Gasteiger partial charge in [0.05, 0.1) is 6.04 Å². The van der Waals surface area contributed by atoms with Gasteiger partial charge in [-0.05, 0) is 18.6 Å². The highest BCUT2D eigenvalue weighted by Crippen LogP contribution is 2.15. The number of nitro groups is 1. The summed E-state index contributed by atoms with van der Waals surface area (Å²) in [6.07, 6.45) is 3.40. The van der Waals surface area contributed by atoms with Gasteiger partial charge in [-0.15, -0.1) is 0 Å². The molecule has 0 aliphatic heterocycles. The van der Waals surface area contributed by atoms with Crippen LogP contribution in [0.25, 0.3) is 0 Å². The van der Waals surface area contributed by atoms with E-state index in [1.165, 1.54) is 0 Å². The Hall–Kier alpha value is -1.98. The number of likely N-dealkylation sites (N-methyl/N-ethyl adjacent to an activating group) is 1. The second kappa shape index (κ2) is 5.93. The van der Waals surface area contributed by atoms with Gasteiger partial charge in [0.15, 0.2) is 5.84 Å². The van der Waals surface area contributed by atoms with E-state index in [0.29, 0.717) is 5.84 Å². The van der Waals surface area contributed by atoms with Gasteiger partial charge in [-0.3, -0.25) is 20.1 Å². The van der Waals surface area contributed by atoms with Crippen molar-refractivity contribution < 1.29 is 4.92 Å². The van der Waals surface area contributed by atoms with Crippen LogP contribution in [0.5, 0.6) is 0 Å². The van der Waals surface area contributed by atoms with Gasteiger partial charge in [0.2, 0.25) is 0 Å². The molecule has 0 N–H and O–H groups in total. The molecule has 1 aromatic heterocycles. The quantitative estimate of drug-likeness (QED) is 0.342. The summed E-state index contributed by atoms with van der Waals surface area (Å²) in [7, 11) is 3.50. The molecule has 1 atom stereocenters. The Morgan fingerprint density at radius 3 is 2.82 bits per heavy atom. The van der Waals surface area contributed by atoms with Gasteiger partial charge in [-0.1, -0.05) is 6.07 Å². The molecule has 0 aliphatic carbocycles. The highest BCUT2D eigenvalue weighted by Gasteiger charge is 2.12. The third kappa shape index (κ3) is 4.18. The normalized spacial score (nSPS) is 13.2. The molecule has 17 heavy (non-hydrogen) atoms. The first-order valence-corrected chi connectivity index (χ1v) is 5.26. The first-order chi connectivity index (χ1) is 8.00. The minimum absolute atomic E-state index is 0.138. The van der Waals surface area contributed by atoms with Crippen molar-refractivity contribution in [2.75, 3.05) is 20.6 Å². The van der Waals surface area contributed by atoms with Crippen LogP contribution < -0.4 is 0 Å². The summed E-state index contributed by atoms with van der Waals surface area (Å²) in [5.74, 6) is 0.450. The third-order valence-electron chi connectivity index (χ3n) is 2.30. The van der Waals surface area contributed by atoms with Crippen molar-refractivity contribution in [2.45, 2.75) is 13.0 Å². The van der Waals surface area contributed by atoms with Crippen LogP contribution in [-0.4, -0.2) is 41.3 Å². The molecular weight excluding hydrogens is 220 g/mol. The Balaban J connectivity index is 2.87. The lowest BCUT2D eigenvalue weighted by Crippen LogP contribution is -2.29. The number of hydrogen-bond donors (Lipinski definition) is 0. The van der Waals surface area contributed by atoms with E-state index in [4.69, 9.17) is 0 Å². The standard InChI is InChI=1S/C11H16N4O2/c1-9(10-5-4-6-12-7-10)13-11(14(2)3)8-15(16)17/h4-7,9H,8H2,1-3H3. The van der Waals surface area contributed by atoms with Gasteiger partial charge in [0, 0.05) is 31.4 Å². The highest BCUT2D eigenvalue weighted by molar-refractivity contribution is 5.83. The molecule has 1 rings (SSSR count). The lowest BCUT2D eigenvalue weighted by Gasteiger charge is -2.15. The van der Waals surface area contributed by atoms with Crippen molar-refractivity contribution in [1.82, 2.24) is 9.88 Å². The molecule has 0 fully saturated rings. The first-order valence-electron chi connectivity index (χ1n) is 5.26. The zero-order valence-electron chi connectivity index (χ0n) is 10.2. The predicted octanol–water partition coefficient (Wildman–Crippen LogP) is 1.38. The summed E-state index contributed by atoms with van der Waals surface area (Å²) in [6.45, 7) is 1.62. The smallest absolute Gasteiger partial charge is 0.260 e. The van der Waals surface area contributed by atoms with Crippen molar-refractivity contribution in [2.24, 2.45) is 4.99 Å². The average Bonchev–Trinajstić information content (AvgIpc) is 2.28. The molecule has 6 nitrogen and oxygen atoms in total. The van der Waals surface area contributed by atoms with Crippen molar-refractivity contribution in [3.63, 3.8) is 0 Å². The van der Waals surface area contributed by atoms with Crippen molar-refractivity contribution in [3.05, 3.63) is 40.2 Å². The van der Waals surface area contributed by atoms with E-state index in [1.54, 1.807) is 31.4 Å². The summed E-state index contributed by atoms with van der Waals surface area (Å²) in [5, 5.41) is 10.5. The van der Waals surface area contributed by atoms with Gasteiger partial charge >= 0.3 is 0 Å². The molecule has 0 saturated carbocycles. The summed E-state index contributed by atoms with van der Waals surface area (Å²) in [6, 6.07) is 3.59. The monoisotopic (exact) mass is 236 g/mol. The molecule has 92 valence electrons. The maximum Gasteiger partial charge on any atom is 0.260 e. The Morgan fingerprint density at radius 2 is 2.35 bits per heavy atom. The number of aromatic nitrogens is 1. The summed E-state index contributed by atoms with van der Waals surface area (Å²) in [5.41, 5.74) is 0.940. The maximum absolute atomic E-state index is 10.5. The fourth-order valence-electron chi connectivity index (χ4n) is 1.33. The van der Waals surface area contributed by atoms with E-state index in [1.807, 2.05) is 19.1 Å². The van der Waals surface area contributed by atoms with Gasteiger partial charge in [-0.2, -0.15) is 0 Å². The van der Waals surface area contributed by atoms with E-state index >= 15 is 0 Å². The molecule has 1 heterocycles. The van der Waals surface area contributed by atoms with Crippen LogP contribution in [-0.2, 0) is 0 Å². The van der Waals surface area contributed by atoms with Crippen LogP contribution in [0.4, 0.5) is 0 Å². The summed E-state index contributed by atoms with van der Waals surface area (Å²) in [4.78, 5) is 20.1. The van der Waals surface area contributed by atoms with Crippen LogP contribution in [0, 0.1) is 10.1 Å². The highest BCUT2D eigenvalue weighted by atomic mass is 16.6. The Kier molecular flexibility index (Phi) is 4.56. The summed E-state index contributed by atoms with van der Waals surface area (Å²) < 4.78 is 0. The number of aliphatic imine (C=N–C) groups is 1. The van der Waals surface area contributed by atoms with E-state index in [-0.39, 0.29) is 17.5 Å². The predicted molar refractivity (Wildman–Crippen MR) is 65.6 cm³/mol. The van der Waals surface area contributed by atoms with Crippen molar-refractivity contribution in [3.8, 4) is 0 Å². The first kappa shape index (κ1) is 13.1. The molecule has 0 amide bonds. The zero-order valence-corrected chi connectivity index (χ0v) is 10.2. The van der Waals surface area contributed by atoms with Crippen LogP contribution in [0.2, 0.25) is 0 Å². The number of amidine groups is 1. The third-order valence-corrected chi connectivity index (χ3v) is 2.30. The molecular formula is C11H16N4O2. The zero-order chi connectivity index (χ0) is 12.8. The SMILES string of the molecule is CC(N=C(C[N+](=O)[O-])N(C)C)c1cccnc1. The van der Waals surface area contributed by atoms with Gasteiger partial charge < -0.3 is 4.90 Å². The molecule has 0 radical (unpaired) electrons.